The summed E-state index contributed by atoms with van der Waals surface area (Å²) >= 11 is 0. The Morgan fingerprint density at radius 2 is 1.88 bits per heavy atom. The Labute approximate surface area is 99.6 Å². The van der Waals surface area contributed by atoms with Gasteiger partial charge in [0.15, 0.2) is 0 Å². The Morgan fingerprint density at radius 1 is 1.31 bits per heavy atom. The molecule has 0 bridgehead atoms. The zero-order valence-corrected chi connectivity index (χ0v) is 11.1. The summed E-state index contributed by atoms with van der Waals surface area (Å²) in [5.41, 5.74) is 5.73. The first-order valence-electron chi connectivity index (χ1n) is 6.28. The van der Waals surface area contributed by atoms with Gasteiger partial charge in [0.1, 0.15) is 0 Å². The van der Waals surface area contributed by atoms with Crippen LogP contribution in [0.4, 0.5) is 0 Å². The predicted octanol–water partition coefficient (Wildman–Crippen LogP) is 0.818. The van der Waals surface area contributed by atoms with Crippen LogP contribution in [0.2, 0.25) is 0 Å². The minimum Gasteiger partial charge on any atom is -0.355 e. The van der Waals surface area contributed by atoms with Crippen molar-refractivity contribution in [1.29, 1.82) is 0 Å². The first kappa shape index (κ1) is 15.4. The van der Waals surface area contributed by atoms with E-state index in [1.54, 1.807) is 0 Å². The summed E-state index contributed by atoms with van der Waals surface area (Å²) in [4.78, 5) is 13.9. The third-order valence-corrected chi connectivity index (χ3v) is 2.87. The van der Waals surface area contributed by atoms with Gasteiger partial charge in [0.2, 0.25) is 5.91 Å². The fraction of sp³-hybridized carbons (Fsp3) is 0.917. The number of rotatable bonds is 8. The van der Waals surface area contributed by atoms with Crippen LogP contribution < -0.4 is 11.1 Å². The molecular formula is C12H27N3O. The van der Waals surface area contributed by atoms with Gasteiger partial charge in [0, 0.05) is 6.54 Å². The quantitative estimate of drug-likeness (QED) is 0.606. The number of carbonyl (C=O) groups is 1. The van der Waals surface area contributed by atoms with Crippen LogP contribution in [0, 0.1) is 5.92 Å². The van der Waals surface area contributed by atoms with E-state index in [4.69, 9.17) is 5.73 Å². The predicted molar refractivity (Wildman–Crippen MR) is 68.2 cm³/mol. The molecule has 16 heavy (non-hydrogen) atoms. The molecule has 0 saturated carbocycles. The minimum absolute atomic E-state index is 0.0328. The van der Waals surface area contributed by atoms with Gasteiger partial charge in [-0.15, -0.1) is 0 Å². The van der Waals surface area contributed by atoms with Gasteiger partial charge >= 0.3 is 0 Å². The number of nitrogens with zero attached hydrogens (tertiary/aromatic N) is 1. The van der Waals surface area contributed by atoms with E-state index in [9.17, 15) is 4.79 Å². The third kappa shape index (κ3) is 6.08. The summed E-state index contributed by atoms with van der Waals surface area (Å²) < 4.78 is 0. The minimum atomic E-state index is -0.381. The summed E-state index contributed by atoms with van der Waals surface area (Å²) in [7, 11) is 0. The third-order valence-electron chi connectivity index (χ3n) is 2.87. The molecule has 0 spiro atoms. The van der Waals surface area contributed by atoms with Crippen LogP contribution in [-0.2, 0) is 4.79 Å². The van der Waals surface area contributed by atoms with Crippen molar-refractivity contribution in [2.24, 2.45) is 11.7 Å². The second-order valence-electron chi connectivity index (χ2n) is 4.44. The van der Waals surface area contributed by atoms with Crippen molar-refractivity contribution in [3.63, 3.8) is 0 Å². The smallest absolute Gasteiger partial charge is 0.237 e. The molecule has 0 aromatic heterocycles. The van der Waals surface area contributed by atoms with E-state index < -0.39 is 0 Å². The lowest BCUT2D eigenvalue weighted by molar-refractivity contribution is -0.123. The van der Waals surface area contributed by atoms with Crippen LogP contribution in [0.3, 0.4) is 0 Å². The van der Waals surface area contributed by atoms with Gasteiger partial charge in [-0.05, 0) is 32.0 Å². The maximum absolute atomic E-state index is 11.5. The molecule has 3 N–H and O–H groups in total. The summed E-state index contributed by atoms with van der Waals surface area (Å²) in [6.07, 6.45) is 0.984. The highest BCUT2D eigenvalue weighted by molar-refractivity contribution is 5.81. The number of carbonyl (C=O) groups excluding carboxylic acids is 1. The molecule has 0 unspecified atom stereocenters. The Bertz CT molecular complexity index is 191. The van der Waals surface area contributed by atoms with Crippen molar-refractivity contribution in [2.75, 3.05) is 26.2 Å². The lowest BCUT2D eigenvalue weighted by Gasteiger charge is -2.19. The summed E-state index contributed by atoms with van der Waals surface area (Å²) in [6, 6.07) is -0.381. The van der Waals surface area contributed by atoms with E-state index in [1.807, 2.05) is 13.8 Å². The van der Waals surface area contributed by atoms with E-state index in [0.717, 1.165) is 32.6 Å². The lowest BCUT2D eigenvalue weighted by Crippen LogP contribution is -2.44. The van der Waals surface area contributed by atoms with E-state index in [1.165, 1.54) is 0 Å². The van der Waals surface area contributed by atoms with Crippen LogP contribution in [0.5, 0.6) is 0 Å². The second kappa shape index (κ2) is 8.53. The number of nitrogens with two attached hydrogens (primary N) is 1. The molecule has 0 aromatic rings. The number of amides is 1. The van der Waals surface area contributed by atoms with Crippen molar-refractivity contribution in [3.8, 4) is 0 Å². The molecule has 1 atom stereocenters. The van der Waals surface area contributed by atoms with E-state index in [-0.39, 0.29) is 17.9 Å². The van der Waals surface area contributed by atoms with Crippen molar-refractivity contribution in [2.45, 2.75) is 40.2 Å². The Kier molecular flexibility index (Phi) is 8.21. The van der Waals surface area contributed by atoms with Gasteiger partial charge in [-0.2, -0.15) is 0 Å². The molecule has 0 rings (SSSR count). The molecule has 1 amide bonds. The molecule has 0 fully saturated rings. The second-order valence-corrected chi connectivity index (χ2v) is 4.44. The lowest BCUT2D eigenvalue weighted by atomic mass is 10.1. The molecular weight excluding hydrogens is 202 g/mol. The van der Waals surface area contributed by atoms with Crippen LogP contribution in [0.25, 0.3) is 0 Å². The Morgan fingerprint density at radius 3 is 2.31 bits per heavy atom. The zero-order chi connectivity index (χ0) is 12.6. The van der Waals surface area contributed by atoms with Crippen molar-refractivity contribution < 1.29 is 4.79 Å². The van der Waals surface area contributed by atoms with Gasteiger partial charge in [-0.25, -0.2) is 0 Å². The van der Waals surface area contributed by atoms with Gasteiger partial charge < -0.3 is 16.0 Å². The average Bonchev–Trinajstić information content (AvgIpc) is 2.27. The first-order valence-corrected chi connectivity index (χ1v) is 6.28. The van der Waals surface area contributed by atoms with Crippen molar-refractivity contribution >= 4 is 5.91 Å². The summed E-state index contributed by atoms with van der Waals surface area (Å²) in [5, 5.41) is 2.88. The molecule has 0 aliphatic heterocycles. The molecule has 96 valence electrons. The molecule has 0 aliphatic rings. The SMILES string of the molecule is CCN(CC)CCCNC(=O)[C@H](N)C(C)C. The van der Waals surface area contributed by atoms with Crippen molar-refractivity contribution in [3.05, 3.63) is 0 Å². The van der Waals surface area contributed by atoms with E-state index in [2.05, 4.69) is 24.1 Å². The Hall–Kier alpha value is -0.610. The monoisotopic (exact) mass is 229 g/mol. The molecule has 4 nitrogen and oxygen atoms in total. The molecule has 0 radical (unpaired) electrons. The standard InChI is InChI=1S/C12H27N3O/c1-5-15(6-2)9-7-8-14-12(16)11(13)10(3)4/h10-11H,5-9,13H2,1-4H3,(H,14,16)/t11-/m1/s1. The van der Waals surface area contributed by atoms with E-state index >= 15 is 0 Å². The van der Waals surface area contributed by atoms with Crippen LogP contribution in [0.1, 0.15) is 34.1 Å². The van der Waals surface area contributed by atoms with Gasteiger partial charge in [-0.1, -0.05) is 27.7 Å². The molecule has 0 saturated heterocycles. The largest absolute Gasteiger partial charge is 0.355 e. The van der Waals surface area contributed by atoms with Crippen LogP contribution in [-0.4, -0.2) is 43.0 Å². The normalized spacial score (nSPS) is 13.2. The van der Waals surface area contributed by atoms with Gasteiger partial charge in [0.25, 0.3) is 0 Å². The van der Waals surface area contributed by atoms with Crippen molar-refractivity contribution in [1.82, 2.24) is 10.2 Å². The van der Waals surface area contributed by atoms with Crippen LogP contribution >= 0.6 is 0 Å². The van der Waals surface area contributed by atoms with Gasteiger partial charge in [0.05, 0.1) is 6.04 Å². The van der Waals surface area contributed by atoms with Crippen LogP contribution in [0.15, 0.2) is 0 Å². The molecule has 0 heterocycles. The average molecular weight is 229 g/mol. The highest BCUT2D eigenvalue weighted by atomic mass is 16.2. The maximum atomic E-state index is 11.5. The number of hydrogen-bond donors (Lipinski definition) is 2. The summed E-state index contributed by atoms with van der Waals surface area (Å²) in [5.74, 6) is 0.164. The highest BCUT2D eigenvalue weighted by Crippen LogP contribution is 1.97. The zero-order valence-electron chi connectivity index (χ0n) is 11.1. The topological polar surface area (TPSA) is 58.4 Å². The fourth-order valence-electron chi connectivity index (χ4n) is 1.47. The fourth-order valence-corrected chi connectivity index (χ4v) is 1.47. The molecule has 0 aromatic carbocycles. The summed E-state index contributed by atoms with van der Waals surface area (Å²) in [6.45, 7) is 12.1. The first-order chi connectivity index (χ1) is 7.52. The molecule has 4 heteroatoms. The maximum Gasteiger partial charge on any atom is 0.237 e. The number of nitrogens with one attached hydrogen (secondary N) is 1. The molecule has 0 aliphatic carbocycles. The highest BCUT2D eigenvalue weighted by Gasteiger charge is 2.16. The number of hydrogen-bond acceptors (Lipinski definition) is 3. The van der Waals surface area contributed by atoms with E-state index in [0.29, 0.717) is 0 Å². The van der Waals surface area contributed by atoms with Gasteiger partial charge in [-0.3, -0.25) is 4.79 Å². The Balaban J connectivity index is 3.62.